The second-order valence-electron chi connectivity index (χ2n) is 3.47. The van der Waals surface area contributed by atoms with Crippen molar-refractivity contribution in [3.63, 3.8) is 0 Å². The number of nitrogens with zero attached hydrogens (tertiary/aromatic N) is 1. The number of hydrogen-bond acceptors (Lipinski definition) is 4. The minimum Gasteiger partial charge on any atom is -0.465 e. The zero-order valence-electron chi connectivity index (χ0n) is 10.2. The van der Waals surface area contributed by atoms with Crippen LogP contribution in [-0.2, 0) is 11.2 Å². The molecule has 0 saturated carbocycles. The molecule has 0 bridgehead atoms. The van der Waals surface area contributed by atoms with Gasteiger partial charge >= 0.3 is 11.5 Å². The van der Waals surface area contributed by atoms with Crippen LogP contribution in [0.4, 0.5) is 13.2 Å². The molecule has 0 aliphatic rings. The lowest BCUT2D eigenvalue weighted by Gasteiger charge is -2.14. The summed E-state index contributed by atoms with van der Waals surface area (Å²) in [5, 5.41) is 8.88. The van der Waals surface area contributed by atoms with Crippen LogP contribution >= 0.6 is 11.8 Å². The van der Waals surface area contributed by atoms with Crippen LogP contribution in [-0.4, -0.2) is 18.6 Å². The van der Waals surface area contributed by atoms with Crippen LogP contribution in [0.5, 0.6) is 0 Å². The van der Waals surface area contributed by atoms with E-state index < -0.39 is 11.5 Å². The number of benzene rings is 1. The van der Waals surface area contributed by atoms with Crippen LogP contribution in [0, 0.1) is 11.3 Å². The molecular weight excluding hydrogens is 279 g/mol. The average Bonchev–Trinajstić information content (AvgIpc) is 2.35. The van der Waals surface area contributed by atoms with E-state index in [0.717, 1.165) is 7.11 Å². The van der Waals surface area contributed by atoms with E-state index >= 15 is 0 Å². The monoisotopic (exact) mass is 289 g/mol. The minimum atomic E-state index is -4.52. The normalized spacial score (nSPS) is 10.9. The van der Waals surface area contributed by atoms with Gasteiger partial charge in [0.25, 0.3) is 0 Å². The number of esters is 1. The first-order valence-electron chi connectivity index (χ1n) is 5.24. The highest BCUT2D eigenvalue weighted by atomic mass is 32.2. The SMILES string of the molecule is CCc1c(C(=O)OC)ccc(C#N)c1SC(F)(F)F. The molecule has 0 radical (unpaired) electrons. The fraction of sp³-hybridized carbons (Fsp3) is 0.333. The molecular formula is C12H10F3NO2S. The number of nitriles is 1. The van der Waals surface area contributed by atoms with Crippen molar-refractivity contribution in [2.75, 3.05) is 7.11 Å². The Morgan fingerprint density at radius 3 is 2.53 bits per heavy atom. The Kier molecular flexibility index (Phi) is 4.84. The molecule has 0 N–H and O–H groups in total. The van der Waals surface area contributed by atoms with Gasteiger partial charge in [0.1, 0.15) is 6.07 Å². The van der Waals surface area contributed by atoms with Crippen molar-refractivity contribution in [1.82, 2.24) is 0 Å². The summed E-state index contributed by atoms with van der Waals surface area (Å²) in [4.78, 5) is 11.3. The van der Waals surface area contributed by atoms with Gasteiger partial charge in [0.05, 0.1) is 18.2 Å². The third kappa shape index (κ3) is 3.64. The van der Waals surface area contributed by atoms with Crippen molar-refractivity contribution in [1.29, 1.82) is 5.26 Å². The van der Waals surface area contributed by atoms with Gasteiger partial charge in [-0.2, -0.15) is 18.4 Å². The van der Waals surface area contributed by atoms with E-state index in [1.165, 1.54) is 12.1 Å². The van der Waals surface area contributed by atoms with Crippen LogP contribution in [0.1, 0.15) is 28.4 Å². The van der Waals surface area contributed by atoms with E-state index in [9.17, 15) is 18.0 Å². The van der Waals surface area contributed by atoms with Gasteiger partial charge in [-0.1, -0.05) is 6.92 Å². The molecule has 1 rings (SSSR count). The third-order valence-corrected chi connectivity index (χ3v) is 3.26. The predicted octanol–water partition coefficient (Wildman–Crippen LogP) is 3.52. The number of thioether (sulfide) groups is 1. The van der Waals surface area contributed by atoms with Gasteiger partial charge in [0.15, 0.2) is 0 Å². The second-order valence-corrected chi connectivity index (χ2v) is 4.55. The highest BCUT2D eigenvalue weighted by Gasteiger charge is 2.33. The predicted molar refractivity (Wildman–Crippen MR) is 63.8 cm³/mol. The Hall–Kier alpha value is -1.68. The molecule has 0 saturated heterocycles. The molecule has 0 aliphatic carbocycles. The van der Waals surface area contributed by atoms with Crippen LogP contribution in [0.3, 0.4) is 0 Å². The van der Waals surface area contributed by atoms with Gasteiger partial charge in [-0.3, -0.25) is 0 Å². The number of methoxy groups -OCH3 is 1. The molecule has 0 aliphatic heterocycles. The highest BCUT2D eigenvalue weighted by molar-refractivity contribution is 8.00. The molecule has 102 valence electrons. The maximum atomic E-state index is 12.5. The van der Waals surface area contributed by atoms with Crippen molar-refractivity contribution < 1.29 is 22.7 Å². The molecule has 0 spiro atoms. The molecule has 0 amide bonds. The van der Waals surface area contributed by atoms with E-state index in [1.807, 2.05) is 0 Å². The standard InChI is InChI=1S/C12H10F3NO2S/c1-3-8-9(11(17)18-2)5-4-7(6-16)10(8)19-12(13,14)15/h4-5H,3H2,1-2H3. The van der Waals surface area contributed by atoms with Crippen molar-refractivity contribution in [2.45, 2.75) is 23.7 Å². The quantitative estimate of drug-likeness (QED) is 0.631. The molecule has 0 heterocycles. The first-order chi connectivity index (χ1) is 8.84. The Balaban J connectivity index is 3.47. The Labute approximate surface area is 112 Å². The number of ether oxygens (including phenoxy) is 1. The first kappa shape index (κ1) is 15.4. The minimum absolute atomic E-state index is 0.0516. The van der Waals surface area contributed by atoms with Gasteiger partial charge < -0.3 is 4.74 Å². The van der Waals surface area contributed by atoms with Crippen LogP contribution < -0.4 is 0 Å². The smallest absolute Gasteiger partial charge is 0.446 e. The number of alkyl halides is 3. The summed E-state index contributed by atoms with van der Waals surface area (Å²) >= 11 is -0.385. The lowest BCUT2D eigenvalue weighted by atomic mass is 10.0. The van der Waals surface area contributed by atoms with E-state index in [-0.39, 0.29) is 39.8 Å². The summed E-state index contributed by atoms with van der Waals surface area (Å²) < 4.78 is 42.1. The van der Waals surface area contributed by atoms with Crippen molar-refractivity contribution >= 4 is 17.7 Å². The summed E-state index contributed by atoms with van der Waals surface area (Å²) in [6.07, 6.45) is 0.193. The van der Waals surface area contributed by atoms with Gasteiger partial charge in [-0.05, 0) is 35.9 Å². The topological polar surface area (TPSA) is 50.1 Å². The third-order valence-electron chi connectivity index (χ3n) is 2.36. The van der Waals surface area contributed by atoms with Crippen LogP contribution in [0.2, 0.25) is 0 Å². The Morgan fingerprint density at radius 1 is 1.47 bits per heavy atom. The first-order valence-corrected chi connectivity index (χ1v) is 6.05. The second kappa shape index (κ2) is 5.97. The molecule has 0 unspecified atom stereocenters. The zero-order chi connectivity index (χ0) is 14.6. The van der Waals surface area contributed by atoms with Gasteiger partial charge in [-0.15, -0.1) is 0 Å². The number of carbonyl (C=O) groups excluding carboxylic acids is 1. The Morgan fingerprint density at radius 2 is 2.11 bits per heavy atom. The fourth-order valence-electron chi connectivity index (χ4n) is 1.60. The largest absolute Gasteiger partial charge is 0.465 e. The molecule has 0 atom stereocenters. The number of carbonyl (C=O) groups is 1. The molecule has 3 nitrogen and oxygen atoms in total. The summed E-state index contributed by atoms with van der Waals surface area (Å²) in [7, 11) is 1.15. The van der Waals surface area contributed by atoms with E-state index in [4.69, 9.17) is 5.26 Å². The molecule has 19 heavy (non-hydrogen) atoms. The zero-order valence-corrected chi connectivity index (χ0v) is 11.0. The molecule has 1 aromatic carbocycles. The molecule has 7 heteroatoms. The van der Waals surface area contributed by atoms with Crippen LogP contribution in [0.15, 0.2) is 17.0 Å². The molecule has 0 fully saturated rings. The fourth-order valence-corrected chi connectivity index (χ4v) is 2.43. The van der Waals surface area contributed by atoms with Gasteiger partial charge in [0.2, 0.25) is 0 Å². The van der Waals surface area contributed by atoms with Gasteiger partial charge in [0, 0.05) is 4.90 Å². The summed E-state index contributed by atoms with van der Waals surface area (Å²) in [6.45, 7) is 1.61. The highest BCUT2D eigenvalue weighted by Crippen LogP contribution is 2.41. The van der Waals surface area contributed by atoms with Gasteiger partial charge in [-0.25, -0.2) is 4.79 Å². The summed E-state index contributed by atoms with van der Waals surface area (Å²) in [5.41, 5.74) is -4.40. The number of hydrogen-bond donors (Lipinski definition) is 0. The maximum absolute atomic E-state index is 12.5. The lowest BCUT2D eigenvalue weighted by Crippen LogP contribution is -2.09. The lowest BCUT2D eigenvalue weighted by molar-refractivity contribution is -0.0328. The molecule has 1 aromatic rings. The van der Waals surface area contributed by atoms with Crippen molar-refractivity contribution in [3.05, 3.63) is 28.8 Å². The maximum Gasteiger partial charge on any atom is 0.446 e. The number of rotatable bonds is 3. The van der Waals surface area contributed by atoms with E-state index in [2.05, 4.69) is 4.74 Å². The number of halogens is 3. The summed E-state index contributed by atoms with van der Waals surface area (Å²) in [6, 6.07) is 4.21. The molecule has 0 aromatic heterocycles. The van der Waals surface area contributed by atoms with E-state index in [0.29, 0.717) is 0 Å². The summed E-state index contributed by atoms with van der Waals surface area (Å²) in [5.74, 6) is -0.717. The van der Waals surface area contributed by atoms with E-state index in [1.54, 1.807) is 13.0 Å². The average molecular weight is 289 g/mol. The van der Waals surface area contributed by atoms with Crippen molar-refractivity contribution in [2.24, 2.45) is 0 Å². The van der Waals surface area contributed by atoms with Crippen molar-refractivity contribution in [3.8, 4) is 6.07 Å². The Bertz CT molecular complexity index is 535. The van der Waals surface area contributed by atoms with Crippen LogP contribution in [0.25, 0.3) is 0 Å².